The summed E-state index contributed by atoms with van der Waals surface area (Å²) in [6, 6.07) is 5.24. The zero-order valence-electron chi connectivity index (χ0n) is 14.6. The third kappa shape index (κ3) is 3.60. The highest BCUT2D eigenvalue weighted by atomic mass is 32.2. The van der Waals surface area contributed by atoms with Gasteiger partial charge in [0.05, 0.1) is 6.07 Å². The molecule has 2 fully saturated rings. The van der Waals surface area contributed by atoms with Gasteiger partial charge in [-0.05, 0) is 56.7 Å². The molecule has 3 rings (SSSR count). The topological polar surface area (TPSA) is 90.3 Å². The Morgan fingerprint density at radius 3 is 2.77 bits per heavy atom. The molecule has 140 valence electrons. The van der Waals surface area contributed by atoms with Gasteiger partial charge in [-0.25, -0.2) is 12.8 Å². The molecule has 1 heterocycles. The number of aryl methyl sites for hydroxylation is 1. The Kier molecular flexibility index (Phi) is 5.30. The number of sulfonamides is 1. The lowest BCUT2D eigenvalue weighted by atomic mass is 10.1. The number of carbonyl (C=O) groups excluding carboxylic acids is 1. The number of rotatable bonds is 4. The molecule has 0 bridgehead atoms. The van der Waals surface area contributed by atoms with Crippen molar-refractivity contribution in [3.63, 3.8) is 0 Å². The Balaban J connectivity index is 1.77. The van der Waals surface area contributed by atoms with E-state index < -0.39 is 26.8 Å². The molecule has 1 aromatic rings. The SMILES string of the molecule is Cc1ccc(S(=O)(=O)N2CCC[C@H]2C(=O)NC2CCC(C#N)C2)c(F)c1. The van der Waals surface area contributed by atoms with Crippen LogP contribution in [0.15, 0.2) is 23.1 Å². The largest absolute Gasteiger partial charge is 0.352 e. The second-order valence-corrected chi connectivity index (χ2v) is 8.91. The van der Waals surface area contributed by atoms with E-state index in [1.807, 2.05) is 0 Å². The van der Waals surface area contributed by atoms with Gasteiger partial charge in [0.1, 0.15) is 16.8 Å². The summed E-state index contributed by atoms with van der Waals surface area (Å²) in [5, 5.41) is 11.8. The number of nitriles is 1. The van der Waals surface area contributed by atoms with Crippen LogP contribution in [0.5, 0.6) is 0 Å². The van der Waals surface area contributed by atoms with Gasteiger partial charge in [0.25, 0.3) is 0 Å². The Morgan fingerprint density at radius 2 is 2.12 bits per heavy atom. The molecular formula is C18H22FN3O3S. The molecule has 0 radical (unpaired) electrons. The number of amides is 1. The highest BCUT2D eigenvalue weighted by molar-refractivity contribution is 7.89. The average Bonchev–Trinajstić information content (AvgIpc) is 3.23. The fourth-order valence-corrected chi connectivity index (χ4v) is 5.46. The van der Waals surface area contributed by atoms with E-state index in [9.17, 15) is 17.6 Å². The first-order chi connectivity index (χ1) is 12.3. The molecule has 1 N–H and O–H groups in total. The number of halogens is 1. The number of hydrogen-bond acceptors (Lipinski definition) is 4. The summed E-state index contributed by atoms with van der Waals surface area (Å²) in [6.07, 6.45) is 3.01. The molecule has 8 heteroatoms. The summed E-state index contributed by atoms with van der Waals surface area (Å²) < 4.78 is 41.1. The molecule has 1 amide bonds. The molecule has 1 saturated carbocycles. The van der Waals surface area contributed by atoms with Gasteiger partial charge in [-0.15, -0.1) is 0 Å². The molecule has 1 aromatic carbocycles. The fourth-order valence-electron chi connectivity index (χ4n) is 3.76. The molecule has 1 aliphatic carbocycles. The van der Waals surface area contributed by atoms with E-state index in [4.69, 9.17) is 5.26 Å². The van der Waals surface area contributed by atoms with Gasteiger partial charge in [-0.3, -0.25) is 4.79 Å². The lowest BCUT2D eigenvalue weighted by Crippen LogP contribution is -2.48. The first-order valence-corrected chi connectivity index (χ1v) is 10.2. The van der Waals surface area contributed by atoms with Crippen LogP contribution in [-0.4, -0.2) is 37.3 Å². The van der Waals surface area contributed by atoms with Gasteiger partial charge in [0.15, 0.2) is 0 Å². The predicted octanol–water partition coefficient (Wildman–Crippen LogP) is 2.10. The molecule has 2 unspecified atom stereocenters. The second kappa shape index (κ2) is 7.33. The van der Waals surface area contributed by atoms with E-state index in [1.165, 1.54) is 12.1 Å². The quantitative estimate of drug-likeness (QED) is 0.867. The van der Waals surface area contributed by atoms with E-state index in [0.29, 0.717) is 24.8 Å². The molecule has 3 atom stereocenters. The third-order valence-corrected chi connectivity index (χ3v) is 7.08. The standard InChI is InChI=1S/C18H22FN3O3S/c1-12-4-7-17(15(19)9-12)26(24,25)22-8-2-3-16(22)18(23)21-14-6-5-13(10-14)11-20/h4,7,9,13-14,16H,2-3,5-6,8,10H2,1H3,(H,21,23)/t13?,14?,16-/m0/s1. The predicted molar refractivity (Wildman–Crippen MR) is 92.9 cm³/mol. The molecule has 2 aliphatic rings. The molecule has 1 aliphatic heterocycles. The maximum Gasteiger partial charge on any atom is 0.246 e. The van der Waals surface area contributed by atoms with Gasteiger partial charge in [0, 0.05) is 18.5 Å². The van der Waals surface area contributed by atoms with Crippen molar-refractivity contribution >= 4 is 15.9 Å². The van der Waals surface area contributed by atoms with Crippen LogP contribution in [0.2, 0.25) is 0 Å². The number of nitrogens with zero attached hydrogens (tertiary/aromatic N) is 2. The van der Waals surface area contributed by atoms with Crippen LogP contribution in [-0.2, 0) is 14.8 Å². The number of nitrogens with one attached hydrogen (secondary N) is 1. The zero-order chi connectivity index (χ0) is 18.9. The normalized spacial score (nSPS) is 26.6. The average molecular weight is 379 g/mol. The lowest BCUT2D eigenvalue weighted by Gasteiger charge is -2.25. The minimum absolute atomic E-state index is 0.0645. The molecule has 0 aromatic heterocycles. The highest BCUT2D eigenvalue weighted by Crippen LogP contribution is 2.29. The lowest BCUT2D eigenvalue weighted by molar-refractivity contribution is -0.124. The van der Waals surface area contributed by atoms with Crippen LogP contribution < -0.4 is 5.32 Å². The summed E-state index contributed by atoms with van der Waals surface area (Å²) in [5.41, 5.74) is 0.630. The summed E-state index contributed by atoms with van der Waals surface area (Å²) in [7, 11) is -4.08. The first kappa shape index (κ1) is 18.8. The summed E-state index contributed by atoms with van der Waals surface area (Å²) in [5.74, 6) is -1.23. The van der Waals surface area contributed by atoms with Gasteiger partial charge < -0.3 is 5.32 Å². The van der Waals surface area contributed by atoms with Crippen molar-refractivity contribution in [2.45, 2.75) is 56.0 Å². The van der Waals surface area contributed by atoms with Crippen molar-refractivity contribution in [3.05, 3.63) is 29.6 Å². The zero-order valence-corrected chi connectivity index (χ0v) is 15.4. The van der Waals surface area contributed by atoms with Crippen LogP contribution >= 0.6 is 0 Å². The summed E-state index contributed by atoms with van der Waals surface area (Å²) >= 11 is 0. The van der Waals surface area contributed by atoms with E-state index in [2.05, 4.69) is 11.4 Å². The Labute approximate surface area is 153 Å². The Hall–Kier alpha value is -1.98. The van der Waals surface area contributed by atoms with Gasteiger partial charge in [-0.1, -0.05) is 6.07 Å². The number of carbonyl (C=O) groups is 1. The van der Waals surface area contributed by atoms with Crippen molar-refractivity contribution in [2.24, 2.45) is 5.92 Å². The fraction of sp³-hybridized carbons (Fsp3) is 0.556. The van der Waals surface area contributed by atoms with Crippen LogP contribution in [0, 0.1) is 30.0 Å². The summed E-state index contributed by atoms with van der Waals surface area (Å²) in [4.78, 5) is 12.2. The van der Waals surface area contributed by atoms with Crippen molar-refractivity contribution in [3.8, 4) is 6.07 Å². The van der Waals surface area contributed by atoms with Crippen molar-refractivity contribution < 1.29 is 17.6 Å². The van der Waals surface area contributed by atoms with E-state index >= 15 is 0 Å². The van der Waals surface area contributed by atoms with Crippen LogP contribution in [0.1, 0.15) is 37.7 Å². The van der Waals surface area contributed by atoms with Gasteiger partial charge >= 0.3 is 0 Å². The number of benzene rings is 1. The minimum atomic E-state index is -4.08. The first-order valence-electron chi connectivity index (χ1n) is 8.81. The van der Waals surface area contributed by atoms with Crippen LogP contribution in [0.3, 0.4) is 0 Å². The van der Waals surface area contributed by atoms with E-state index in [0.717, 1.165) is 17.1 Å². The van der Waals surface area contributed by atoms with E-state index in [1.54, 1.807) is 13.0 Å². The van der Waals surface area contributed by atoms with Gasteiger partial charge in [-0.2, -0.15) is 9.57 Å². The summed E-state index contributed by atoms with van der Waals surface area (Å²) in [6.45, 7) is 1.88. The molecular weight excluding hydrogens is 357 g/mol. The monoisotopic (exact) mass is 379 g/mol. The Morgan fingerprint density at radius 1 is 1.35 bits per heavy atom. The van der Waals surface area contributed by atoms with Crippen molar-refractivity contribution in [2.75, 3.05) is 6.54 Å². The van der Waals surface area contributed by atoms with Crippen LogP contribution in [0.25, 0.3) is 0 Å². The van der Waals surface area contributed by atoms with Crippen LogP contribution in [0.4, 0.5) is 4.39 Å². The van der Waals surface area contributed by atoms with Crippen molar-refractivity contribution in [1.82, 2.24) is 9.62 Å². The molecule has 26 heavy (non-hydrogen) atoms. The molecule has 1 saturated heterocycles. The second-order valence-electron chi connectivity index (χ2n) is 7.05. The minimum Gasteiger partial charge on any atom is -0.352 e. The smallest absolute Gasteiger partial charge is 0.246 e. The van der Waals surface area contributed by atoms with Crippen molar-refractivity contribution in [1.29, 1.82) is 5.26 Å². The maximum atomic E-state index is 14.2. The van der Waals surface area contributed by atoms with Gasteiger partial charge in [0.2, 0.25) is 15.9 Å². The number of hydrogen-bond donors (Lipinski definition) is 1. The maximum absolute atomic E-state index is 14.2. The Bertz CT molecular complexity index is 850. The van der Waals surface area contributed by atoms with E-state index in [-0.39, 0.29) is 24.4 Å². The molecule has 0 spiro atoms. The highest BCUT2D eigenvalue weighted by Gasteiger charge is 2.41. The molecule has 6 nitrogen and oxygen atoms in total. The third-order valence-electron chi connectivity index (χ3n) is 5.14.